The number of aromatic nitrogens is 3. The summed E-state index contributed by atoms with van der Waals surface area (Å²) in [4.78, 5) is 40.2. The predicted octanol–water partition coefficient (Wildman–Crippen LogP) is 1.68. The van der Waals surface area contributed by atoms with Gasteiger partial charge in [0.1, 0.15) is 0 Å². The molecule has 3 aromatic rings. The number of aromatic amines is 1. The van der Waals surface area contributed by atoms with Crippen LogP contribution in [0.3, 0.4) is 0 Å². The molecule has 2 aromatic heterocycles. The van der Waals surface area contributed by atoms with E-state index in [0.29, 0.717) is 29.8 Å². The zero-order chi connectivity index (χ0) is 21.0. The molecule has 0 atom stereocenters. The van der Waals surface area contributed by atoms with Gasteiger partial charge in [-0.05, 0) is 50.2 Å². The molecule has 0 bridgehead atoms. The first-order valence-electron chi connectivity index (χ1n) is 9.21. The SMILES string of the molecule is Cc1cc(C(=O)NCCN(C)C(=O)c2ccc(-n3nccc3C)cc2)c[nH]c1=O. The second-order valence-corrected chi connectivity index (χ2v) is 6.81. The molecule has 0 spiro atoms. The molecule has 0 fully saturated rings. The van der Waals surface area contributed by atoms with Crippen molar-refractivity contribution in [2.24, 2.45) is 0 Å². The number of nitrogens with zero attached hydrogens (tertiary/aromatic N) is 3. The van der Waals surface area contributed by atoms with Crippen LogP contribution in [-0.2, 0) is 0 Å². The lowest BCUT2D eigenvalue weighted by Gasteiger charge is -2.18. The van der Waals surface area contributed by atoms with E-state index in [9.17, 15) is 14.4 Å². The second kappa shape index (κ2) is 8.55. The molecule has 2 heterocycles. The fourth-order valence-electron chi connectivity index (χ4n) is 2.87. The highest BCUT2D eigenvalue weighted by Crippen LogP contribution is 2.12. The van der Waals surface area contributed by atoms with E-state index in [1.165, 1.54) is 12.3 Å². The lowest BCUT2D eigenvalue weighted by molar-refractivity contribution is 0.0787. The van der Waals surface area contributed by atoms with Crippen molar-refractivity contribution in [2.75, 3.05) is 20.1 Å². The van der Waals surface area contributed by atoms with Crippen LogP contribution >= 0.6 is 0 Å². The Morgan fingerprint density at radius 2 is 1.86 bits per heavy atom. The third-order valence-corrected chi connectivity index (χ3v) is 4.62. The first-order chi connectivity index (χ1) is 13.9. The van der Waals surface area contributed by atoms with Crippen molar-refractivity contribution in [1.29, 1.82) is 0 Å². The molecule has 0 aliphatic carbocycles. The Morgan fingerprint density at radius 1 is 1.14 bits per heavy atom. The van der Waals surface area contributed by atoms with Crippen molar-refractivity contribution < 1.29 is 9.59 Å². The molecule has 8 nitrogen and oxygen atoms in total. The molecule has 3 rings (SSSR count). The number of aryl methyl sites for hydroxylation is 2. The first-order valence-corrected chi connectivity index (χ1v) is 9.21. The second-order valence-electron chi connectivity index (χ2n) is 6.81. The van der Waals surface area contributed by atoms with E-state index in [1.807, 2.05) is 25.1 Å². The maximum Gasteiger partial charge on any atom is 0.253 e. The summed E-state index contributed by atoms with van der Waals surface area (Å²) in [6, 6.07) is 10.7. The Bertz CT molecular complexity index is 1080. The van der Waals surface area contributed by atoms with E-state index in [2.05, 4.69) is 15.4 Å². The maximum absolute atomic E-state index is 12.6. The number of hydrogen-bond acceptors (Lipinski definition) is 4. The number of hydrogen-bond donors (Lipinski definition) is 2. The summed E-state index contributed by atoms with van der Waals surface area (Å²) in [7, 11) is 1.68. The van der Waals surface area contributed by atoms with E-state index in [-0.39, 0.29) is 17.4 Å². The van der Waals surface area contributed by atoms with Gasteiger partial charge in [0.2, 0.25) is 0 Å². The van der Waals surface area contributed by atoms with Gasteiger partial charge in [0.05, 0.1) is 11.3 Å². The van der Waals surface area contributed by atoms with Gasteiger partial charge in [0, 0.05) is 49.4 Å². The van der Waals surface area contributed by atoms with Gasteiger partial charge in [-0.1, -0.05) is 0 Å². The fourth-order valence-corrected chi connectivity index (χ4v) is 2.87. The molecule has 2 amide bonds. The number of nitrogens with one attached hydrogen (secondary N) is 2. The van der Waals surface area contributed by atoms with Crippen LogP contribution in [-0.4, -0.2) is 51.6 Å². The largest absolute Gasteiger partial charge is 0.350 e. The van der Waals surface area contributed by atoms with Crippen molar-refractivity contribution in [1.82, 2.24) is 25.0 Å². The minimum atomic E-state index is -0.302. The number of carbonyl (C=O) groups is 2. The monoisotopic (exact) mass is 393 g/mol. The Morgan fingerprint density at radius 3 is 2.48 bits per heavy atom. The van der Waals surface area contributed by atoms with Gasteiger partial charge in [-0.15, -0.1) is 0 Å². The normalized spacial score (nSPS) is 10.6. The Hall–Kier alpha value is -3.68. The molecular weight excluding hydrogens is 370 g/mol. The van der Waals surface area contributed by atoms with Crippen molar-refractivity contribution in [3.63, 3.8) is 0 Å². The fraction of sp³-hybridized carbons (Fsp3) is 0.238. The molecule has 150 valence electrons. The summed E-state index contributed by atoms with van der Waals surface area (Å²) < 4.78 is 1.80. The molecule has 0 saturated heterocycles. The van der Waals surface area contributed by atoms with Crippen molar-refractivity contribution in [3.05, 3.63) is 81.5 Å². The molecular formula is C21H23N5O3. The summed E-state index contributed by atoms with van der Waals surface area (Å²) in [6.07, 6.45) is 3.10. The van der Waals surface area contributed by atoms with Gasteiger partial charge in [0.25, 0.3) is 17.4 Å². The standard InChI is InChI=1S/C21H23N5O3/c1-14-12-17(13-23-19(14)27)20(28)22-10-11-25(3)21(29)16-4-6-18(7-5-16)26-15(2)8-9-24-26/h4-9,12-13H,10-11H2,1-3H3,(H,22,28)(H,23,27). The highest BCUT2D eigenvalue weighted by Gasteiger charge is 2.13. The number of benzene rings is 1. The molecule has 0 radical (unpaired) electrons. The van der Waals surface area contributed by atoms with Crippen molar-refractivity contribution >= 4 is 11.8 Å². The Labute approximate surface area is 168 Å². The van der Waals surface area contributed by atoms with Crippen LogP contribution in [0.2, 0.25) is 0 Å². The molecule has 8 heteroatoms. The van der Waals surface area contributed by atoms with E-state index < -0.39 is 0 Å². The van der Waals surface area contributed by atoms with Crippen molar-refractivity contribution in [2.45, 2.75) is 13.8 Å². The highest BCUT2D eigenvalue weighted by atomic mass is 16.2. The van der Waals surface area contributed by atoms with Crippen LogP contribution in [0.1, 0.15) is 32.0 Å². The molecule has 0 aliphatic heterocycles. The topological polar surface area (TPSA) is 100 Å². The lowest BCUT2D eigenvalue weighted by Crippen LogP contribution is -2.36. The minimum absolute atomic E-state index is 0.136. The van der Waals surface area contributed by atoms with Crippen LogP contribution in [0.25, 0.3) is 5.69 Å². The number of likely N-dealkylation sites (N-methyl/N-ethyl adjacent to an activating group) is 1. The van der Waals surface area contributed by atoms with Crippen LogP contribution in [0.15, 0.2) is 53.6 Å². The van der Waals surface area contributed by atoms with Crippen LogP contribution < -0.4 is 10.9 Å². The Kier molecular flexibility index (Phi) is 5.92. The average Bonchev–Trinajstić information content (AvgIpc) is 3.15. The molecule has 1 aromatic carbocycles. The number of pyridine rings is 1. The summed E-state index contributed by atoms with van der Waals surface area (Å²) in [5, 5.41) is 7.00. The Balaban J connectivity index is 1.55. The number of amides is 2. The van der Waals surface area contributed by atoms with Crippen LogP contribution in [0.5, 0.6) is 0 Å². The number of H-pyrrole nitrogens is 1. The maximum atomic E-state index is 12.6. The first kappa shape index (κ1) is 20.1. The summed E-state index contributed by atoms with van der Waals surface area (Å²) in [6.45, 7) is 4.25. The highest BCUT2D eigenvalue weighted by molar-refractivity contribution is 5.95. The van der Waals surface area contributed by atoms with Gasteiger partial charge < -0.3 is 15.2 Å². The van der Waals surface area contributed by atoms with Gasteiger partial charge in [-0.3, -0.25) is 14.4 Å². The number of carbonyl (C=O) groups excluding carboxylic acids is 2. The van der Waals surface area contributed by atoms with Gasteiger partial charge in [-0.2, -0.15) is 5.10 Å². The van der Waals surface area contributed by atoms with E-state index in [1.54, 1.807) is 41.9 Å². The third kappa shape index (κ3) is 4.60. The minimum Gasteiger partial charge on any atom is -0.350 e. The quantitative estimate of drug-likeness (QED) is 0.665. The van der Waals surface area contributed by atoms with E-state index >= 15 is 0 Å². The molecule has 0 unspecified atom stereocenters. The average molecular weight is 393 g/mol. The third-order valence-electron chi connectivity index (χ3n) is 4.62. The summed E-state index contributed by atoms with van der Waals surface area (Å²) in [5.74, 6) is -0.438. The zero-order valence-corrected chi connectivity index (χ0v) is 16.6. The molecule has 2 N–H and O–H groups in total. The zero-order valence-electron chi connectivity index (χ0n) is 16.6. The number of rotatable bonds is 6. The van der Waals surface area contributed by atoms with Gasteiger partial charge >= 0.3 is 0 Å². The summed E-state index contributed by atoms with van der Waals surface area (Å²) >= 11 is 0. The molecule has 0 aliphatic rings. The van der Waals surface area contributed by atoms with E-state index in [0.717, 1.165) is 11.4 Å². The molecule has 29 heavy (non-hydrogen) atoms. The van der Waals surface area contributed by atoms with Crippen LogP contribution in [0, 0.1) is 13.8 Å². The smallest absolute Gasteiger partial charge is 0.253 e. The van der Waals surface area contributed by atoms with Gasteiger partial charge in [0.15, 0.2) is 0 Å². The van der Waals surface area contributed by atoms with Crippen LogP contribution in [0.4, 0.5) is 0 Å². The lowest BCUT2D eigenvalue weighted by atomic mass is 10.2. The molecule has 0 saturated carbocycles. The van der Waals surface area contributed by atoms with Crippen molar-refractivity contribution in [3.8, 4) is 5.69 Å². The summed E-state index contributed by atoms with van der Waals surface area (Å²) in [5.41, 5.74) is 3.08. The predicted molar refractivity (Wildman–Crippen MR) is 109 cm³/mol. The van der Waals surface area contributed by atoms with E-state index in [4.69, 9.17) is 0 Å². The van der Waals surface area contributed by atoms with Gasteiger partial charge in [-0.25, -0.2) is 4.68 Å².